The number of rotatable bonds is 1. The number of nitrogens with two attached hydrogens (primary N) is 1. The van der Waals surface area contributed by atoms with Crippen molar-refractivity contribution in [1.82, 2.24) is 0 Å². The second-order valence-electron chi connectivity index (χ2n) is 4.89. The molecule has 4 heteroatoms. The van der Waals surface area contributed by atoms with E-state index < -0.39 is 5.60 Å². The van der Waals surface area contributed by atoms with Crippen molar-refractivity contribution in [2.75, 3.05) is 0 Å². The van der Waals surface area contributed by atoms with Gasteiger partial charge < -0.3 is 10.8 Å². The summed E-state index contributed by atoms with van der Waals surface area (Å²) in [6.07, 6.45) is 0.449. The summed E-state index contributed by atoms with van der Waals surface area (Å²) in [5, 5.41) is 11.9. The number of benzene rings is 2. The summed E-state index contributed by atoms with van der Waals surface area (Å²) in [5.74, 6) is 0. The van der Waals surface area contributed by atoms with Crippen molar-refractivity contribution in [2.45, 2.75) is 18.1 Å². The summed E-state index contributed by atoms with van der Waals surface area (Å²) < 4.78 is 0. The van der Waals surface area contributed by atoms with Crippen LogP contribution in [0.5, 0.6) is 0 Å². The van der Waals surface area contributed by atoms with Crippen molar-refractivity contribution in [3.63, 3.8) is 0 Å². The van der Waals surface area contributed by atoms with Crippen LogP contribution in [0.3, 0.4) is 0 Å². The van der Waals surface area contributed by atoms with Crippen LogP contribution < -0.4 is 5.73 Å². The lowest BCUT2D eigenvalue weighted by atomic mass is 9.88. The van der Waals surface area contributed by atoms with E-state index in [1.807, 2.05) is 24.3 Å². The first-order chi connectivity index (χ1) is 9.02. The normalized spacial score (nSPS) is 25.4. The highest BCUT2D eigenvalue weighted by atomic mass is 35.5. The molecule has 0 fully saturated rings. The molecule has 2 aromatic rings. The van der Waals surface area contributed by atoms with Gasteiger partial charge in [-0.05, 0) is 28.8 Å². The van der Waals surface area contributed by atoms with Crippen LogP contribution in [0, 0.1) is 0 Å². The molecule has 0 heterocycles. The fourth-order valence-corrected chi connectivity index (χ4v) is 3.06. The molecule has 0 aromatic heterocycles. The van der Waals surface area contributed by atoms with Crippen LogP contribution >= 0.6 is 23.2 Å². The molecule has 1 aliphatic carbocycles. The summed E-state index contributed by atoms with van der Waals surface area (Å²) in [6.45, 7) is 0. The van der Waals surface area contributed by atoms with Gasteiger partial charge in [0.2, 0.25) is 0 Å². The molecule has 0 saturated heterocycles. The summed E-state index contributed by atoms with van der Waals surface area (Å²) in [5.41, 5.74) is 7.57. The van der Waals surface area contributed by atoms with Crippen molar-refractivity contribution in [2.24, 2.45) is 5.73 Å². The Labute approximate surface area is 121 Å². The lowest BCUT2D eigenvalue weighted by molar-refractivity contribution is 0.0776. The van der Waals surface area contributed by atoms with Crippen LogP contribution in [0.2, 0.25) is 10.0 Å². The highest BCUT2D eigenvalue weighted by molar-refractivity contribution is 6.42. The Bertz CT molecular complexity index is 644. The lowest BCUT2D eigenvalue weighted by Gasteiger charge is -2.25. The van der Waals surface area contributed by atoms with Crippen LogP contribution in [-0.2, 0) is 5.60 Å². The van der Waals surface area contributed by atoms with Gasteiger partial charge in [0.15, 0.2) is 0 Å². The summed E-state index contributed by atoms with van der Waals surface area (Å²) >= 11 is 12.0. The molecule has 0 aliphatic heterocycles. The number of hydrogen-bond donors (Lipinski definition) is 2. The zero-order chi connectivity index (χ0) is 13.6. The van der Waals surface area contributed by atoms with E-state index in [4.69, 9.17) is 28.9 Å². The Morgan fingerprint density at radius 1 is 1.11 bits per heavy atom. The van der Waals surface area contributed by atoms with Gasteiger partial charge in [0.1, 0.15) is 5.60 Å². The third-order valence-electron chi connectivity index (χ3n) is 3.72. The highest BCUT2D eigenvalue weighted by Crippen LogP contribution is 2.46. The molecule has 98 valence electrons. The van der Waals surface area contributed by atoms with Crippen LogP contribution in [0.1, 0.15) is 29.2 Å². The Balaban J connectivity index is 2.17. The standard InChI is InChI=1S/C15H13Cl2NO/c16-12-6-5-9(7-13(12)17)15(19)8-14(18)10-3-1-2-4-11(10)15/h1-7,14,19H,8,18H2. The second-order valence-corrected chi connectivity index (χ2v) is 5.70. The minimum atomic E-state index is -1.09. The molecule has 3 N–H and O–H groups in total. The maximum atomic E-state index is 11.0. The van der Waals surface area contributed by atoms with Gasteiger partial charge in [-0.2, -0.15) is 0 Å². The molecule has 2 aromatic carbocycles. The molecule has 2 atom stereocenters. The van der Waals surface area contributed by atoms with E-state index in [0.29, 0.717) is 16.5 Å². The van der Waals surface area contributed by atoms with Gasteiger partial charge in [-0.15, -0.1) is 0 Å². The molecule has 2 nitrogen and oxygen atoms in total. The average molecular weight is 294 g/mol. The van der Waals surface area contributed by atoms with E-state index in [0.717, 1.165) is 16.7 Å². The Morgan fingerprint density at radius 2 is 1.84 bits per heavy atom. The molecular formula is C15H13Cl2NO. The minimum absolute atomic E-state index is 0.171. The van der Waals surface area contributed by atoms with E-state index >= 15 is 0 Å². The number of fused-ring (bicyclic) bond motifs is 1. The van der Waals surface area contributed by atoms with Crippen molar-refractivity contribution in [3.05, 3.63) is 69.2 Å². The number of hydrogen-bond acceptors (Lipinski definition) is 2. The monoisotopic (exact) mass is 293 g/mol. The highest BCUT2D eigenvalue weighted by Gasteiger charge is 2.42. The summed E-state index contributed by atoms with van der Waals surface area (Å²) in [6, 6.07) is 12.7. The van der Waals surface area contributed by atoms with E-state index in [1.54, 1.807) is 18.2 Å². The Hall–Kier alpha value is -1.06. The van der Waals surface area contributed by atoms with Gasteiger partial charge >= 0.3 is 0 Å². The van der Waals surface area contributed by atoms with Crippen LogP contribution in [0.4, 0.5) is 0 Å². The molecule has 0 saturated carbocycles. The minimum Gasteiger partial charge on any atom is -0.380 e. The summed E-state index contributed by atoms with van der Waals surface area (Å²) in [7, 11) is 0. The molecule has 2 unspecified atom stereocenters. The fraction of sp³-hybridized carbons (Fsp3) is 0.200. The van der Waals surface area contributed by atoms with Gasteiger partial charge in [-0.25, -0.2) is 0 Å². The van der Waals surface area contributed by atoms with Gasteiger partial charge in [-0.1, -0.05) is 53.5 Å². The molecule has 0 radical (unpaired) electrons. The quantitative estimate of drug-likeness (QED) is 0.843. The van der Waals surface area contributed by atoms with Crippen molar-refractivity contribution in [1.29, 1.82) is 0 Å². The SMILES string of the molecule is NC1CC(O)(c2ccc(Cl)c(Cl)c2)c2ccccc21. The molecule has 0 amide bonds. The van der Waals surface area contributed by atoms with Crippen molar-refractivity contribution in [3.8, 4) is 0 Å². The number of halogens is 2. The predicted molar refractivity (Wildman–Crippen MR) is 77.4 cm³/mol. The Kier molecular flexibility index (Phi) is 3.06. The lowest BCUT2D eigenvalue weighted by Crippen LogP contribution is -2.25. The zero-order valence-corrected chi connectivity index (χ0v) is 11.6. The molecule has 0 spiro atoms. The maximum absolute atomic E-state index is 11.0. The largest absolute Gasteiger partial charge is 0.380 e. The maximum Gasteiger partial charge on any atom is 0.117 e. The zero-order valence-electron chi connectivity index (χ0n) is 10.1. The van der Waals surface area contributed by atoms with Gasteiger partial charge in [-0.3, -0.25) is 0 Å². The van der Waals surface area contributed by atoms with E-state index in [1.165, 1.54) is 0 Å². The number of aliphatic hydroxyl groups is 1. The van der Waals surface area contributed by atoms with Gasteiger partial charge in [0, 0.05) is 12.5 Å². The summed E-state index contributed by atoms with van der Waals surface area (Å²) in [4.78, 5) is 0. The second kappa shape index (κ2) is 4.50. The third kappa shape index (κ3) is 1.96. The van der Waals surface area contributed by atoms with Crippen molar-refractivity contribution < 1.29 is 5.11 Å². The van der Waals surface area contributed by atoms with Gasteiger partial charge in [0.05, 0.1) is 10.0 Å². The fourth-order valence-electron chi connectivity index (χ4n) is 2.76. The molecular weight excluding hydrogens is 281 g/mol. The molecule has 1 aliphatic rings. The van der Waals surface area contributed by atoms with Crippen molar-refractivity contribution >= 4 is 23.2 Å². The topological polar surface area (TPSA) is 46.2 Å². The van der Waals surface area contributed by atoms with E-state index in [9.17, 15) is 5.11 Å². The molecule has 19 heavy (non-hydrogen) atoms. The smallest absolute Gasteiger partial charge is 0.117 e. The first-order valence-corrected chi connectivity index (χ1v) is 6.81. The van der Waals surface area contributed by atoms with E-state index in [-0.39, 0.29) is 6.04 Å². The third-order valence-corrected chi connectivity index (χ3v) is 4.46. The molecule has 3 rings (SSSR count). The van der Waals surface area contributed by atoms with Crippen LogP contribution in [-0.4, -0.2) is 5.11 Å². The first kappa shape index (κ1) is 12.9. The first-order valence-electron chi connectivity index (χ1n) is 6.05. The van der Waals surface area contributed by atoms with Crippen LogP contribution in [0.15, 0.2) is 42.5 Å². The van der Waals surface area contributed by atoms with Crippen LogP contribution in [0.25, 0.3) is 0 Å². The average Bonchev–Trinajstić information content (AvgIpc) is 2.67. The molecule has 0 bridgehead atoms. The predicted octanol–water partition coefficient (Wildman–Crippen LogP) is 3.63. The Morgan fingerprint density at radius 3 is 2.58 bits per heavy atom. The van der Waals surface area contributed by atoms with Gasteiger partial charge in [0.25, 0.3) is 0 Å². The van der Waals surface area contributed by atoms with E-state index in [2.05, 4.69) is 0 Å².